The predicted octanol–water partition coefficient (Wildman–Crippen LogP) is 2.78. The van der Waals surface area contributed by atoms with Gasteiger partial charge < -0.3 is 15.0 Å². The van der Waals surface area contributed by atoms with Gasteiger partial charge >= 0.3 is 10.2 Å². The molecule has 0 fully saturated rings. The van der Waals surface area contributed by atoms with E-state index < -0.39 is 34.5 Å². The van der Waals surface area contributed by atoms with Crippen molar-refractivity contribution < 1.29 is 27.1 Å². The predicted molar refractivity (Wildman–Crippen MR) is 137 cm³/mol. The average Bonchev–Trinajstić information content (AvgIpc) is 2.82. The molecule has 2 aromatic rings. The third-order valence-electron chi connectivity index (χ3n) is 5.47. The minimum absolute atomic E-state index is 0.0416. The second-order valence-corrected chi connectivity index (χ2v) is 10.8. The second kappa shape index (κ2) is 12.7. The van der Waals surface area contributed by atoms with Gasteiger partial charge in [0.05, 0.1) is 12.8 Å². The van der Waals surface area contributed by atoms with Crippen LogP contribution in [0.15, 0.2) is 48.5 Å². The summed E-state index contributed by atoms with van der Waals surface area (Å²) in [5, 5.41) is 2.82. The van der Waals surface area contributed by atoms with Gasteiger partial charge in [-0.2, -0.15) is 12.7 Å². The number of benzene rings is 2. The number of ether oxygens (including phenoxy) is 1. The molecule has 0 aliphatic carbocycles. The number of nitrogens with one attached hydrogen (secondary N) is 1. The van der Waals surface area contributed by atoms with Crippen LogP contribution in [0.5, 0.6) is 5.75 Å². The molecular weight excluding hydrogens is 487 g/mol. The van der Waals surface area contributed by atoms with Gasteiger partial charge in [0.1, 0.15) is 24.2 Å². The monoisotopic (exact) mass is 522 g/mol. The first-order chi connectivity index (χ1) is 16.9. The number of hydrogen-bond donors (Lipinski definition) is 1. The van der Waals surface area contributed by atoms with Crippen molar-refractivity contribution in [1.29, 1.82) is 0 Å². The van der Waals surface area contributed by atoms with Crippen molar-refractivity contribution in [3.63, 3.8) is 0 Å². The van der Waals surface area contributed by atoms with Gasteiger partial charge in [-0.3, -0.25) is 9.59 Å². The lowest BCUT2D eigenvalue weighted by Gasteiger charge is -2.34. The summed E-state index contributed by atoms with van der Waals surface area (Å²) in [7, 11) is -0.0976. The molecule has 0 saturated heterocycles. The Labute approximate surface area is 213 Å². The van der Waals surface area contributed by atoms with E-state index >= 15 is 0 Å². The number of carbonyl (C=O) groups is 2. The Hall–Kier alpha value is -3.18. The van der Waals surface area contributed by atoms with E-state index in [1.165, 1.54) is 44.3 Å². The molecule has 2 aromatic carbocycles. The van der Waals surface area contributed by atoms with E-state index in [9.17, 15) is 22.4 Å². The maximum Gasteiger partial charge on any atom is 0.304 e. The zero-order valence-electron chi connectivity index (χ0n) is 21.6. The summed E-state index contributed by atoms with van der Waals surface area (Å²) in [5.74, 6) is -1.17. The molecule has 0 aliphatic rings. The van der Waals surface area contributed by atoms with E-state index in [1.54, 1.807) is 31.2 Å². The summed E-state index contributed by atoms with van der Waals surface area (Å²) >= 11 is 0. The van der Waals surface area contributed by atoms with Crippen LogP contribution in [0.1, 0.15) is 32.8 Å². The summed E-state index contributed by atoms with van der Waals surface area (Å²) in [5.41, 5.74) is 0.455. The average molecular weight is 523 g/mol. The molecule has 0 aliphatic heterocycles. The highest BCUT2D eigenvalue weighted by molar-refractivity contribution is 7.90. The van der Waals surface area contributed by atoms with Crippen molar-refractivity contribution in [1.82, 2.24) is 14.5 Å². The molecule has 0 unspecified atom stereocenters. The quantitative estimate of drug-likeness (QED) is 0.462. The molecule has 0 radical (unpaired) electrons. The molecule has 2 amide bonds. The van der Waals surface area contributed by atoms with Gasteiger partial charge in [-0.15, -0.1) is 0 Å². The lowest BCUT2D eigenvalue weighted by atomic mass is 10.1. The van der Waals surface area contributed by atoms with Crippen LogP contribution >= 0.6 is 0 Å². The van der Waals surface area contributed by atoms with Crippen LogP contribution in [0.3, 0.4) is 0 Å². The topological polar surface area (TPSA) is 99.3 Å². The van der Waals surface area contributed by atoms with Crippen molar-refractivity contribution in [3.05, 3.63) is 59.9 Å². The summed E-state index contributed by atoms with van der Waals surface area (Å²) < 4.78 is 47.7. The summed E-state index contributed by atoms with van der Waals surface area (Å²) in [6.07, 6.45) is 0.292. The summed E-state index contributed by atoms with van der Waals surface area (Å²) in [4.78, 5) is 28.0. The van der Waals surface area contributed by atoms with Crippen molar-refractivity contribution in [3.8, 4) is 5.75 Å². The number of methoxy groups -OCH3 is 1. The number of amides is 2. The zero-order chi connectivity index (χ0) is 27.0. The van der Waals surface area contributed by atoms with E-state index in [0.29, 0.717) is 17.7 Å². The zero-order valence-corrected chi connectivity index (χ0v) is 22.4. The Morgan fingerprint density at radius 2 is 1.67 bits per heavy atom. The fourth-order valence-corrected chi connectivity index (χ4v) is 4.65. The van der Waals surface area contributed by atoms with Gasteiger partial charge in [-0.05, 0) is 50.1 Å². The number of carbonyl (C=O) groups excluding carboxylic acids is 2. The fourth-order valence-electron chi connectivity index (χ4n) is 3.58. The van der Waals surface area contributed by atoms with Crippen molar-refractivity contribution in [2.45, 2.75) is 45.8 Å². The van der Waals surface area contributed by atoms with Gasteiger partial charge in [-0.1, -0.05) is 31.2 Å². The molecule has 0 spiro atoms. The maximum absolute atomic E-state index is 14.7. The normalized spacial score (nSPS) is 12.4. The van der Waals surface area contributed by atoms with Crippen molar-refractivity contribution in [2.75, 3.05) is 32.1 Å². The smallest absolute Gasteiger partial charge is 0.304 e. The Kier molecular flexibility index (Phi) is 10.2. The molecule has 0 bridgehead atoms. The number of rotatable bonds is 12. The Morgan fingerprint density at radius 3 is 2.17 bits per heavy atom. The van der Waals surface area contributed by atoms with E-state index in [2.05, 4.69) is 5.32 Å². The highest BCUT2D eigenvalue weighted by Crippen LogP contribution is 2.24. The highest BCUT2D eigenvalue weighted by Gasteiger charge is 2.34. The van der Waals surface area contributed by atoms with E-state index in [4.69, 9.17) is 4.74 Å². The molecule has 1 atom stereocenters. The molecule has 0 saturated carbocycles. The van der Waals surface area contributed by atoms with E-state index in [1.807, 2.05) is 13.8 Å². The lowest BCUT2D eigenvalue weighted by Crippen LogP contribution is -2.54. The molecule has 2 rings (SSSR count). The third-order valence-corrected chi connectivity index (χ3v) is 7.27. The SMILES string of the molecule is CC[C@@H](C(=O)NC(C)C)N(Cc1ccc(OC)cc1)C(=O)CN(c1ccccc1F)S(=O)(=O)N(C)C. The first kappa shape index (κ1) is 29.1. The minimum atomic E-state index is -4.23. The Morgan fingerprint density at radius 1 is 1.06 bits per heavy atom. The largest absolute Gasteiger partial charge is 0.497 e. The summed E-state index contributed by atoms with van der Waals surface area (Å²) in [6.45, 7) is 4.74. The Bertz CT molecular complexity index is 1140. The van der Waals surface area contributed by atoms with Crippen LogP contribution in [-0.2, 0) is 26.3 Å². The molecule has 11 heteroatoms. The number of hydrogen-bond acceptors (Lipinski definition) is 5. The summed E-state index contributed by atoms with van der Waals surface area (Å²) in [6, 6.07) is 11.3. The van der Waals surface area contributed by atoms with Gasteiger partial charge in [0.2, 0.25) is 11.8 Å². The molecule has 9 nitrogen and oxygen atoms in total. The van der Waals surface area contributed by atoms with Crippen LogP contribution in [-0.4, -0.2) is 69.3 Å². The van der Waals surface area contributed by atoms with Crippen LogP contribution in [0.4, 0.5) is 10.1 Å². The van der Waals surface area contributed by atoms with Crippen LogP contribution in [0.2, 0.25) is 0 Å². The second-order valence-electron chi connectivity index (χ2n) is 8.71. The Balaban J connectivity index is 2.51. The maximum atomic E-state index is 14.7. The van der Waals surface area contributed by atoms with Gasteiger partial charge in [0.15, 0.2) is 0 Å². The molecule has 198 valence electrons. The molecule has 0 heterocycles. The number of nitrogens with zero attached hydrogens (tertiary/aromatic N) is 3. The van der Waals surface area contributed by atoms with Crippen LogP contribution < -0.4 is 14.4 Å². The van der Waals surface area contributed by atoms with Crippen molar-refractivity contribution in [2.24, 2.45) is 0 Å². The van der Waals surface area contributed by atoms with Gasteiger partial charge in [-0.25, -0.2) is 8.70 Å². The number of halogens is 1. The van der Waals surface area contributed by atoms with Gasteiger partial charge in [0, 0.05) is 26.7 Å². The number of para-hydroxylation sites is 1. The highest BCUT2D eigenvalue weighted by atomic mass is 32.2. The lowest BCUT2D eigenvalue weighted by molar-refractivity contribution is -0.140. The third kappa shape index (κ3) is 7.17. The molecule has 0 aromatic heterocycles. The van der Waals surface area contributed by atoms with Gasteiger partial charge in [0.25, 0.3) is 0 Å². The standard InChI is InChI=1S/C25H35FN4O5S/c1-7-22(25(32)27-18(2)3)29(16-19-12-14-20(35-6)15-13-19)24(31)17-30(36(33,34)28(4)5)23-11-9-8-10-21(23)26/h8-15,18,22H,7,16-17H2,1-6H3,(H,27,32)/t22-/m0/s1. The molecular formula is C25H35FN4O5S. The first-order valence-corrected chi connectivity index (χ1v) is 13.0. The van der Waals surface area contributed by atoms with Crippen LogP contribution in [0, 0.1) is 5.82 Å². The van der Waals surface area contributed by atoms with E-state index in [-0.39, 0.29) is 24.2 Å². The fraction of sp³-hybridized carbons (Fsp3) is 0.440. The first-order valence-electron chi connectivity index (χ1n) is 11.6. The molecule has 36 heavy (non-hydrogen) atoms. The van der Waals surface area contributed by atoms with E-state index in [0.717, 1.165) is 14.7 Å². The minimum Gasteiger partial charge on any atom is -0.497 e. The molecule has 1 N–H and O–H groups in total. The number of anilines is 1. The van der Waals surface area contributed by atoms with Crippen molar-refractivity contribution >= 4 is 27.7 Å². The van der Waals surface area contributed by atoms with Crippen LogP contribution in [0.25, 0.3) is 0 Å².